The molecule has 0 aliphatic carbocycles. The summed E-state index contributed by atoms with van der Waals surface area (Å²) in [5.41, 5.74) is -0.674. The normalized spacial score (nSPS) is 21.4. The van der Waals surface area contributed by atoms with Gasteiger partial charge in [-0.2, -0.15) is 0 Å². The monoisotopic (exact) mass is 286 g/mol. The lowest BCUT2D eigenvalue weighted by Crippen LogP contribution is -2.50. The average molecular weight is 286 g/mol. The molecule has 1 fully saturated rings. The maximum Gasteiger partial charge on any atom is 0.409 e. The van der Waals surface area contributed by atoms with Gasteiger partial charge in [0.05, 0.1) is 12.2 Å². The van der Waals surface area contributed by atoms with Crippen molar-refractivity contribution in [3.8, 4) is 0 Å². The summed E-state index contributed by atoms with van der Waals surface area (Å²) in [4.78, 5) is 13.4. The van der Waals surface area contributed by atoms with Crippen LogP contribution in [-0.4, -0.2) is 54.0 Å². The second-order valence-corrected chi connectivity index (χ2v) is 6.01. The van der Waals surface area contributed by atoms with E-state index in [9.17, 15) is 9.90 Å². The number of piperidine rings is 1. The molecule has 0 aromatic rings. The Morgan fingerprint density at radius 2 is 2.05 bits per heavy atom. The molecular weight excluding hydrogens is 256 g/mol. The van der Waals surface area contributed by atoms with Gasteiger partial charge in [0.15, 0.2) is 0 Å². The minimum Gasteiger partial charge on any atom is -0.450 e. The van der Waals surface area contributed by atoms with Crippen LogP contribution in [0.2, 0.25) is 0 Å². The van der Waals surface area contributed by atoms with Crippen LogP contribution in [0.25, 0.3) is 0 Å². The maximum atomic E-state index is 11.6. The Bertz CT molecular complexity index is 299. The molecule has 20 heavy (non-hydrogen) atoms. The van der Waals surface area contributed by atoms with E-state index in [1.54, 1.807) is 4.90 Å². The van der Waals surface area contributed by atoms with Gasteiger partial charge in [-0.05, 0) is 32.6 Å². The first-order valence-electron chi connectivity index (χ1n) is 7.78. The maximum absolute atomic E-state index is 11.6. The van der Waals surface area contributed by atoms with Crippen LogP contribution in [0.3, 0.4) is 0 Å². The minimum absolute atomic E-state index is 0.211. The van der Waals surface area contributed by atoms with Gasteiger partial charge in [0.2, 0.25) is 0 Å². The third kappa shape index (κ3) is 4.94. The molecule has 0 spiro atoms. The number of nitrogens with zero attached hydrogens (tertiary/aromatic N) is 1. The highest BCUT2D eigenvalue weighted by Gasteiger charge is 2.29. The summed E-state index contributed by atoms with van der Waals surface area (Å²) in [6, 6.07) is 0.371. The number of hydrogen-bond acceptors (Lipinski definition) is 4. The minimum atomic E-state index is -0.674. The Morgan fingerprint density at radius 3 is 2.55 bits per heavy atom. The fourth-order valence-corrected chi connectivity index (χ4v) is 2.45. The number of amides is 1. The van der Waals surface area contributed by atoms with Gasteiger partial charge in [-0.25, -0.2) is 4.79 Å². The fourth-order valence-electron chi connectivity index (χ4n) is 2.45. The Kier molecular flexibility index (Phi) is 6.76. The molecule has 2 atom stereocenters. The SMILES string of the molecule is CCOC(=O)N1CCC(NCC(C)(O)C(C)CC)CC1. The van der Waals surface area contributed by atoms with Crippen LogP contribution < -0.4 is 5.32 Å². The quantitative estimate of drug-likeness (QED) is 0.784. The molecule has 2 unspecified atom stereocenters. The van der Waals surface area contributed by atoms with E-state index in [0.717, 1.165) is 32.4 Å². The zero-order valence-corrected chi connectivity index (χ0v) is 13.3. The molecule has 1 aliphatic heterocycles. The van der Waals surface area contributed by atoms with Crippen molar-refractivity contribution in [2.45, 2.75) is 58.6 Å². The van der Waals surface area contributed by atoms with Crippen LogP contribution in [0.15, 0.2) is 0 Å². The number of carbonyl (C=O) groups is 1. The van der Waals surface area contributed by atoms with Crippen molar-refractivity contribution < 1.29 is 14.6 Å². The third-order valence-corrected chi connectivity index (χ3v) is 4.44. The molecule has 0 aromatic carbocycles. The van der Waals surface area contributed by atoms with E-state index in [2.05, 4.69) is 19.2 Å². The molecular formula is C15H30N2O3. The molecule has 1 amide bonds. The molecule has 1 rings (SSSR count). The van der Waals surface area contributed by atoms with Crippen LogP contribution in [0.4, 0.5) is 4.79 Å². The summed E-state index contributed by atoms with van der Waals surface area (Å²) in [7, 11) is 0. The van der Waals surface area contributed by atoms with Crippen molar-refractivity contribution >= 4 is 6.09 Å². The van der Waals surface area contributed by atoms with Gasteiger partial charge in [-0.15, -0.1) is 0 Å². The van der Waals surface area contributed by atoms with Gasteiger partial charge in [-0.1, -0.05) is 20.3 Å². The van der Waals surface area contributed by atoms with Crippen molar-refractivity contribution in [3.05, 3.63) is 0 Å². The van der Waals surface area contributed by atoms with Crippen molar-refractivity contribution in [1.82, 2.24) is 10.2 Å². The summed E-state index contributed by atoms with van der Waals surface area (Å²) < 4.78 is 5.00. The molecule has 5 nitrogen and oxygen atoms in total. The summed E-state index contributed by atoms with van der Waals surface area (Å²) in [6.07, 6.45) is 2.58. The van der Waals surface area contributed by atoms with E-state index in [1.807, 2.05) is 13.8 Å². The van der Waals surface area contributed by atoms with E-state index >= 15 is 0 Å². The van der Waals surface area contributed by atoms with Gasteiger partial charge in [0.1, 0.15) is 0 Å². The van der Waals surface area contributed by atoms with E-state index in [-0.39, 0.29) is 12.0 Å². The Balaban J connectivity index is 2.31. The molecule has 1 saturated heterocycles. The molecule has 0 saturated carbocycles. The van der Waals surface area contributed by atoms with Crippen LogP contribution in [0.1, 0.15) is 47.0 Å². The fraction of sp³-hybridized carbons (Fsp3) is 0.933. The average Bonchev–Trinajstić information content (AvgIpc) is 2.45. The van der Waals surface area contributed by atoms with Gasteiger partial charge < -0.3 is 20.1 Å². The standard InChI is InChI=1S/C15H30N2O3/c1-5-12(3)15(4,19)11-16-13-7-9-17(10-8-13)14(18)20-6-2/h12-13,16,19H,5-11H2,1-4H3. The topological polar surface area (TPSA) is 61.8 Å². The predicted molar refractivity (Wildman–Crippen MR) is 79.7 cm³/mol. The third-order valence-electron chi connectivity index (χ3n) is 4.44. The van der Waals surface area contributed by atoms with Crippen molar-refractivity contribution in [1.29, 1.82) is 0 Å². The van der Waals surface area contributed by atoms with Gasteiger partial charge >= 0.3 is 6.09 Å². The first-order valence-corrected chi connectivity index (χ1v) is 7.78. The second kappa shape index (κ2) is 7.84. The Labute approximate surface area is 122 Å². The summed E-state index contributed by atoms with van der Waals surface area (Å²) in [6.45, 7) is 10.4. The van der Waals surface area contributed by atoms with Crippen molar-refractivity contribution in [3.63, 3.8) is 0 Å². The first-order chi connectivity index (χ1) is 9.40. The predicted octanol–water partition coefficient (Wildman–Crippen LogP) is 1.99. The second-order valence-electron chi connectivity index (χ2n) is 6.01. The molecule has 1 heterocycles. The van der Waals surface area contributed by atoms with Gasteiger partial charge in [0.25, 0.3) is 0 Å². The van der Waals surface area contributed by atoms with Crippen LogP contribution in [0, 0.1) is 5.92 Å². The van der Waals surface area contributed by atoms with Crippen LogP contribution in [-0.2, 0) is 4.74 Å². The summed E-state index contributed by atoms with van der Waals surface area (Å²) in [5.74, 6) is 0.273. The van der Waals surface area contributed by atoms with Crippen molar-refractivity contribution in [2.75, 3.05) is 26.2 Å². The lowest BCUT2D eigenvalue weighted by atomic mass is 9.88. The highest BCUT2D eigenvalue weighted by Crippen LogP contribution is 2.20. The largest absolute Gasteiger partial charge is 0.450 e. The number of hydrogen-bond donors (Lipinski definition) is 2. The lowest BCUT2D eigenvalue weighted by molar-refractivity contribution is 0.00122. The van der Waals surface area contributed by atoms with E-state index < -0.39 is 5.60 Å². The van der Waals surface area contributed by atoms with E-state index in [1.165, 1.54) is 0 Å². The number of likely N-dealkylation sites (tertiary alicyclic amines) is 1. The molecule has 0 bridgehead atoms. The molecule has 2 N–H and O–H groups in total. The molecule has 5 heteroatoms. The lowest BCUT2D eigenvalue weighted by Gasteiger charge is -2.35. The Morgan fingerprint density at radius 1 is 1.45 bits per heavy atom. The highest BCUT2D eigenvalue weighted by molar-refractivity contribution is 5.67. The summed E-state index contributed by atoms with van der Waals surface area (Å²) in [5, 5.41) is 13.8. The Hall–Kier alpha value is -0.810. The number of carbonyl (C=O) groups excluding carboxylic acids is 1. The van der Waals surface area contributed by atoms with Crippen LogP contribution in [0.5, 0.6) is 0 Å². The van der Waals surface area contributed by atoms with E-state index in [0.29, 0.717) is 19.2 Å². The summed E-state index contributed by atoms with van der Waals surface area (Å²) >= 11 is 0. The molecule has 1 aliphatic rings. The zero-order valence-electron chi connectivity index (χ0n) is 13.3. The molecule has 118 valence electrons. The zero-order chi connectivity index (χ0) is 15.2. The van der Waals surface area contributed by atoms with Gasteiger partial charge in [-0.3, -0.25) is 0 Å². The van der Waals surface area contributed by atoms with Crippen molar-refractivity contribution in [2.24, 2.45) is 5.92 Å². The molecule has 0 radical (unpaired) electrons. The molecule has 0 aromatic heterocycles. The first kappa shape index (κ1) is 17.2. The number of ether oxygens (including phenoxy) is 1. The number of aliphatic hydroxyl groups is 1. The number of rotatable bonds is 6. The number of nitrogens with one attached hydrogen (secondary N) is 1. The van der Waals surface area contributed by atoms with E-state index in [4.69, 9.17) is 4.74 Å². The van der Waals surface area contributed by atoms with Crippen LogP contribution >= 0.6 is 0 Å². The highest BCUT2D eigenvalue weighted by atomic mass is 16.6. The smallest absolute Gasteiger partial charge is 0.409 e. The van der Waals surface area contributed by atoms with Gasteiger partial charge in [0, 0.05) is 25.7 Å².